The van der Waals surface area contributed by atoms with Gasteiger partial charge in [0.15, 0.2) is 0 Å². The van der Waals surface area contributed by atoms with Gasteiger partial charge in [0.2, 0.25) is 0 Å². The van der Waals surface area contributed by atoms with Crippen molar-refractivity contribution >= 4 is 39.0 Å². The summed E-state index contributed by atoms with van der Waals surface area (Å²) in [5.74, 6) is 0.778. The lowest BCUT2D eigenvalue weighted by molar-refractivity contribution is 0.871. The van der Waals surface area contributed by atoms with Gasteiger partial charge in [0.05, 0.1) is 0 Å². The summed E-state index contributed by atoms with van der Waals surface area (Å²) >= 11 is 8.50. The highest BCUT2D eigenvalue weighted by atomic mass is 79.9. The molecule has 0 amide bonds. The molecule has 2 rings (SSSR count). The molecule has 2 aromatic rings. The molecule has 0 saturated carbocycles. The number of halogens is 1. The van der Waals surface area contributed by atoms with Gasteiger partial charge in [-0.05, 0) is 43.7 Å². The van der Waals surface area contributed by atoms with Crippen LogP contribution in [-0.4, -0.2) is 9.97 Å². The van der Waals surface area contributed by atoms with Crippen LogP contribution in [0.3, 0.4) is 0 Å². The molecule has 5 heteroatoms. The second-order valence-corrected chi connectivity index (χ2v) is 6.02. The molecule has 20 heavy (non-hydrogen) atoms. The highest BCUT2D eigenvalue weighted by Gasteiger charge is 2.08. The first-order chi connectivity index (χ1) is 9.45. The minimum atomic E-state index is 0.140. The molecule has 0 aliphatic carbocycles. The minimum absolute atomic E-state index is 0.140. The van der Waals surface area contributed by atoms with Crippen molar-refractivity contribution in [2.24, 2.45) is 5.73 Å². The monoisotopic (exact) mass is 349 g/mol. The molecule has 0 aliphatic rings. The van der Waals surface area contributed by atoms with E-state index in [0.717, 1.165) is 21.5 Å². The summed E-state index contributed by atoms with van der Waals surface area (Å²) in [6.45, 7) is 4.02. The highest BCUT2D eigenvalue weighted by Crippen LogP contribution is 2.22. The SMILES string of the molecule is Cc1cc(C(N)=S)cc(NC(C)c2cccc(Br)c2)n1. The molecule has 104 valence electrons. The Bertz CT molecular complexity index is 643. The Morgan fingerprint density at radius 2 is 2.10 bits per heavy atom. The lowest BCUT2D eigenvalue weighted by atomic mass is 10.1. The molecular weight excluding hydrogens is 334 g/mol. The molecule has 0 fully saturated rings. The fourth-order valence-electron chi connectivity index (χ4n) is 1.97. The van der Waals surface area contributed by atoms with Crippen LogP contribution in [0.5, 0.6) is 0 Å². The van der Waals surface area contributed by atoms with Gasteiger partial charge in [-0.3, -0.25) is 0 Å². The predicted octanol–water partition coefficient (Wildman–Crippen LogP) is 3.96. The topological polar surface area (TPSA) is 50.9 Å². The molecule has 0 bridgehead atoms. The van der Waals surface area contributed by atoms with E-state index >= 15 is 0 Å². The number of anilines is 1. The number of hydrogen-bond donors (Lipinski definition) is 2. The maximum absolute atomic E-state index is 5.68. The maximum Gasteiger partial charge on any atom is 0.127 e. The maximum atomic E-state index is 5.68. The molecule has 1 aromatic carbocycles. The van der Waals surface area contributed by atoms with Crippen LogP contribution >= 0.6 is 28.1 Å². The summed E-state index contributed by atoms with van der Waals surface area (Å²) < 4.78 is 1.06. The summed E-state index contributed by atoms with van der Waals surface area (Å²) in [7, 11) is 0. The average Bonchev–Trinajstić information content (AvgIpc) is 2.37. The first-order valence-electron chi connectivity index (χ1n) is 6.26. The number of pyridine rings is 1. The van der Waals surface area contributed by atoms with Gasteiger partial charge in [0, 0.05) is 21.8 Å². The van der Waals surface area contributed by atoms with Crippen LogP contribution < -0.4 is 11.1 Å². The summed E-state index contributed by atoms with van der Waals surface area (Å²) in [5, 5.41) is 3.37. The van der Waals surface area contributed by atoms with E-state index in [-0.39, 0.29) is 6.04 Å². The molecule has 0 radical (unpaired) electrons. The van der Waals surface area contributed by atoms with E-state index in [0.29, 0.717) is 4.99 Å². The number of thiocarbonyl (C=S) groups is 1. The zero-order valence-electron chi connectivity index (χ0n) is 11.4. The Balaban J connectivity index is 2.23. The van der Waals surface area contributed by atoms with Gasteiger partial charge in [-0.25, -0.2) is 4.98 Å². The number of rotatable bonds is 4. The van der Waals surface area contributed by atoms with E-state index in [1.54, 1.807) is 0 Å². The quantitative estimate of drug-likeness (QED) is 0.820. The van der Waals surface area contributed by atoms with E-state index in [1.165, 1.54) is 5.56 Å². The minimum Gasteiger partial charge on any atom is -0.389 e. The zero-order valence-corrected chi connectivity index (χ0v) is 13.8. The molecule has 3 N–H and O–H groups in total. The summed E-state index contributed by atoms with van der Waals surface area (Å²) in [6.07, 6.45) is 0. The van der Waals surface area contributed by atoms with Crippen LogP contribution in [0.4, 0.5) is 5.82 Å². The van der Waals surface area contributed by atoms with E-state index in [1.807, 2.05) is 31.2 Å². The summed E-state index contributed by atoms with van der Waals surface area (Å²) in [5.41, 5.74) is 8.58. The second-order valence-electron chi connectivity index (χ2n) is 4.67. The molecule has 0 saturated heterocycles. The Kier molecular flexibility index (Phi) is 4.73. The number of aromatic nitrogens is 1. The van der Waals surface area contributed by atoms with Crippen molar-refractivity contribution < 1.29 is 0 Å². The average molecular weight is 350 g/mol. The third-order valence-electron chi connectivity index (χ3n) is 2.95. The Hall–Kier alpha value is -1.46. The molecule has 1 atom stereocenters. The van der Waals surface area contributed by atoms with E-state index < -0.39 is 0 Å². The third kappa shape index (κ3) is 3.77. The molecule has 1 unspecified atom stereocenters. The van der Waals surface area contributed by atoms with Crippen LogP contribution in [0, 0.1) is 6.92 Å². The van der Waals surface area contributed by atoms with Gasteiger partial charge < -0.3 is 11.1 Å². The van der Waals surface area contributed by atoms with Crippen LogP contribution in [-0.2, 0) is 0 Å². The van der Waals surface area contributed by atoms with Gasteiger partial charge in [-0.1, -0.05) is 40.3 Å². The van der Waals surface area contributed by atoms with Crippen LogP contribution in [0.25, 0.3) is 0 Å². The van der Waals surface area contributed by atoms with Crippen molar-refractivity contribution in [3.05, 3.63) is 57.7 Å². The van der Waals surface area contributed by atoms with Crippen molar-refractivity contribution in [3.63, 3.8) is 0 Å². The van der Waals surface area contributed by atoms with Crippen molar-refractivity contribution in [2.75, 3.05) is 5.32 Å². The number of nitrogens with two attached hydrogens (primary N) is 1. The van der Waals surface area contributed by atoms with Gasteiger partial charge in [-0.2, -0.15) is 0 Å². The van der Waals surface area contributed by atoms with Crippen molar-refractivity contribution in [3.8, 4) is 0 Å². The Morgan fingerprint density at radius 1 is 1.35 bits per heavy atom. The van der Waals surface area contributed by atoms with E-state index in [4.69, 9.17) is 18.0 Å². The van der Waals surface area contributed by atoms with Gasteiger partial charge in [-0.15, -0.1) is 0 Å². The molecule has 0 spiro atoms. The number of benzene rings is 1. The van der Waals surface area contributed by atoms with E-state index in [2.05, 4.69) is 45.3 Å². The molecule has 1 aromatic heterocycles. The second kappa shape index (κ2) is 6.33. The zero-order chi connectivity index (χ0) is 14.7. The standard InChI is InChI=1S/C15H16BrN3S/c1-9-6-12(15(17)20)8-14(18-9)19-10(2)11-4-3-5-13(16)7-11/h3-8,10H,1-2H3,(H2,17,20)(H,18,19). The number of aryl methyl sites for hydroxylation is 1. The fourth-order valence-corrected chi connectivity index (χ4v) is 2.50. The van der Waals surface area contributed by atoms with Crippen LogP contribution in [0.2, 0.25) is 0 Å². The summed E-state index contributed by atoms with van der Waals surface area (Å²) in [6, 6.07) is 12.1. The Morgan fingerprint density at radius 3 is 2.75 bits per heavy atom. The third-order valence-corrected chi connectivity index (χ3v) is 3.68. The largest absolute Gasteiger partial charge is 0.389 e. The first kappa shape index (κ1) is 14.9. The lowest BCUT2D eigenvalue weighted by Crippen LogP contribution is -2.13. The van der Waals surface area contributed by atoms with Gasteiger partial charge in [0.25, 0.3) is 0 Å². The van der Waals surface area contributed by atoms with Gasteiger partial charge in [0.1, 0.15) is 10.8 Å². The van der Waals surface area contributed by atoms with Crippen LogP contribution in [0.1, 0.15) is 29.8 Å². The summed E-state index contributed by atoms with van der Waals surface area (Å²) in [4.78, 5) is 4.85. The number of nitrogens with zero attached hydrogens (tertiary/aromatic N) is 1. The number of hydrogen-bond acceptors (Lipinski definition) is 3. The number of nitrogens with one attached hydrogen (secondary N) is 1. The highest BCUT2D eigenvalue weighted by molar-refractivity contribution is 9.10. The molecule has 3 nitrogen and oxygen atoms in total. The van der Waals surface area contributed by atoms with E-state index in [9.17, 15) is 0 Å². The van der Waals surface area contributed by atoms with Gasteiger partial charge >= 0.3 is 0 Å². The first-order valence-corrected chi connectivity index (χ1v) is 7.46. The van der Waals surface area contributed by atoms with Crippen molar-refractivity contribution in [1.29, 1.82) is 0 Å². The molecule has 0 aliphatic heterocycles. The normalized spacial score (nSPS) is 11.9. The fraction of sp³-hybridized carbons (Fsp3) is 0.200. The lowest BCUT2D eigenvalue weighted by Gasteiger charge is -2.16. The van der Waals surface area contributed by atoms with Crippen molar-refractivity contribution in [2.45, 2.75) is 19.9 Å². The van der Waals surface area contributed by atoms with Crippen molar-refractivity contribution in [1.82, 2.24) is 4.98 Å². The smallest absolute Gasteiger partial charge is 0.127 e. The molecule has 1 heterocycles. The Labute approximate surface area is 132 Å². The molecular formula is C15H16BrN3S. The predicted molar refractivity (Wildman–Crippen MR) is 91.0 cm³/mol. The van der Waals surface area contributed by atoms with Crippen LogP contribution in [0.15, 0.2) is 40.9 Å².